The van der Waals surface area contributed by atoms with E-state index in [4.69, 9.17) is 4.74 Å². The highest BCUT2D eigenvalue weighted by atomic mass is 16.5. The molecule has 2 heterocycles. The van der Waals surface area contributed by atoms with E-state index >= 15 is 0 Å². The Kier molecular flexibility index (Phi) is 5.16. The van der Waals surface area contributed by atoms with Gasteiger partial charge in [-0.05, 0) is 31.9 Å². The lowest BCUT2D eigenvalue weighted by atomic mass is 9.76. The van der Waals surface area contributed by atoms with E-state index in [1.165, 1.54) is 19.3 Å². The molecule has 1 aromatic rings. The lowest BCUT2D eigenvalue weighted by molar-refractivity contribution is 0.0688. The van der Waals surface area contributed by atoms with Crippen molar-refractivity contribution in [1.82, 2.24) is 9.88 Å². The summed E-state index contributed by atoms with van der Waals surface area (Å²) in [5.74, 6) is 1.95. The first-order chi connectivity index (χ1) is 11.1. The summed E-state index contributed by atoms with van der Waals surface area (Å²) in [7, 11) is 0. The average molecular weight is 317 g/mol. The van der Waals surface area contributed by atoms with Gasteiger partial charge in [0, 0.05) is 31.2 Å². The Hall–Kier alpha value is -1.62. The minimum absolute atomic E-state index is 0.0658. The summed E-state index contributed by atoms with van der Waals surface area (Å²) in [6.45, 7) is 6.99. The SMILES string of the molecule is CC(C)Nc1ncccc1C(=O)N1CCOCC(C2CCC2)C1. The summed E-state index contributed by atoms with van der Waals surface area (Å²) >= 11 is 0. The predicted molar refractivity (Wildman–Crippen MR) is 90.5 cm³/mol. The number of ether oxygens (including phenoxy) is 1. The number of pyridine rings is 1. The molecule has 1 saturated heterocycles. The number of carbonyl (C=O) groups is 1. The standard InChI is InChI=1S/C18H27N3O2/c1-13(2)20-17-16(7-4-8-19-17)18(22)21-9-10-23-12-15(11-21)14-5-3-6-14/h4,7-8,13-15H,3,5-6,9-12H2,1-2H3,(H,19,20). The number of hydrogen-bond acceptors (Lipinski definition) is 4. The van der Waals surface area contributed by atoms with Gasteiger partial charge in [-0.1, -0.05) is 19.3 Å². The Morgan fingerprint density at radius 1 is 1.39 bits per heavy atom. The van der Waals surface area contributed by atoms with Crippen LogP contribution in [0.15, 0.2) is 18.3 Å². The number of nitrogens with one attached hydrogen (secondary N) is 1. The minimum Gasteiger partial charge on any atom is -0.379 e. The highest BCUT2D eigenvalue weighted by Crippen LogP contribution is 2.35. The molecule has 0 aromatic carbocycles. The van der Waals surface area contributed by atoms with Gasteiger partial charge in [0.15, 0.2) is 0 Å². The van der Waals surface area contributed by atoms with Crippen LogP contribution in [0, 0.1) is 11.8 Å². The van der Waals surface area contributed by atoms with E-state index < -0.39 is 0 Å². The molecule has 5 heteroatoms. The molecule has 2 fully saturated rings. The van der Waals surface area contributed by atoms with E-state index in [1.54, 1.807) is 6.20 Å². The molecule has 5 nitrogen and oxygen atoms in total. The highest BCUT2D eigenvalue weighted by Gasteiger charge is 2.32. The molecule has 1 saturated carbocycles. The zero-order chi connectivity index (χ0) is 16.2. The molecular formula is C18H27N3O2. The van der Waals surface area contributed by atoms with Crippen LogP contribution in [0.1, 0.15) is 43.5 Å². The first-order valence-electron chi connectivity index (χ1n) is 8.73. The van der Waals surface area contributed by atoms with Crippen molar-refractivity contribution in [1.29, 1.82) is 0 Å². The van der Waals surface area contributed by atoms with Crippen molar-refractivity contribution in [2.75, 3.05) is 31.6 Å². The second-order valence-corrected chi connectivity index (χ2v) is 6.98. The Labute approximate surface area is 138 Å². The zero-order valence-electron chi connectivity index (χ0n) is 14.1. The van der Waals surface area contributed by atoms with E-state index in [-0.39, 0.29) is 11.9 Å². The lowest BCUT2D eigenvalue weighted by Crippen LogP contribution is -2.39. The van der Waals surface area contributed by atoms with Crippen LogP contribution in [0.2, 0.25) is 0 Å². The third kappa shape index (κ3) is 3.83. The number of amides is 1. The first-order valence-corrected chi connectivity index (χ1v) is 8.73. The minimum atomic E-state index is 0.0658. The topological polar surface area (TPSA) is 54.5 Å². The van der Waals surface area contributed by atoms with Crippen LogP contribution in [-0.4, -0.2) is 48.1 Å². The molecule has 1 aliphatic carbocycles. The molecule has 0 spiro atoms. The van der Waals surface area contributed by atoms with Crippen molar-refractivity contribution in [3.63, 3.8) is 0 Å². The fourth-order valence-corrected chi connectivity index (χ4v) is 3.35. The molecule has 1 unspecified atom stereocenters. The molecule has 2 aliphatic rings. The van der Waals surface area contributed by atoms with Crippen LogP contribution in [0.5, 0.6) is 0 Å². The highest BCUT2D eigenvalue weighted by molar-refractivity contribution is 5.98. The number of nitrogens with zero attached hydrogens (tertiary/aromatic N) is 2. The maximum absolute atomic E-state index is 13.0. The van der Waals surface area contributed by atoms with Crippen molar-refractivity contribution >= 4 is 11.7 Å². The van der Waals surface area contributed by atoms with Crippen molar-refractivity contribution in [3.8, 4) is 0 Å². The van der Waals surface area contributed by atoms with Gasteiger partial charge < -0.3 is 15.0 Å². The first kappa shape index (κ1) is 16.2. The van der Waals surface area contributed by atoms with Gasteiger partial charge in [0.1, 0.15) is 5.82 Å². The third-order valence-corrected chi connectivity index (χ3v) is 4.86. The number of anilines is 1. The summed E-state index contributed by atoms with van der Waals surface area (Å²) in [5.41, 5.74) is 0.662. The van der Waals surface area contributed by atoms with Crippen molar-refractivity contribution in [2.45, 2.75) is 39.2 Å². The van der Waals surface area contributed by atoms with Crippen LogP contribution in [0.25, 0.3) is 0 Å². The van der Waals surface area contributed by atoms with Crippen LogP contribution in [0.3, 0.4) is 0 Å². The van der Waals surface area contributed by atoms with E-state index in [1.807, 2.05) is 17.0 Å². The number of aromatic nitrogens is 1. The summed E-state index contributed by atoms with van der Waals surface area (Å²) in [6.07, 6.45) is 5.61. The van der Waals surface area contributed by atoms with Gasteiger partial charge in [-0.3, -0.25) is 4.79 Å². The summed E-state index contributed by atoms with van der Waals surface area (Å²) in [5, 5.41) is 3.28. The molecule has 0 radical (unpaired) electrons. The Bertz CT molecular complexity index is 543. The van der Waals surface area contributed by atoms with Crippen LogP contribution >= 0.6 is 0 Å². The Morgan fingerprint density at radius 2 is 2.22 bits per heavy atom. The van der Waals surface area contributed by atoms with Crippen LogP contribution in [-0.2, 0) is 4.74 Å². The quantitative estimate of drug-likeness (QED) is 0.928. The second-order valence-electron chi connectivity index (χ2n) is 6.98. The van der Waals surface area contributed by atoms with Crippen molar-refractivity contribution < 1.29 is 9.53 Å². The lowest BCUT2D eigenvalue weighted by Gasteiger charge is -2.35. The molecule has 1 aromatic heterocycles. The van der Waals surface area contributed by atoms with Crippen molar-refractivity contribution in [3.05, 3.63) is 23.9 Å². The second kappa shape index (κ2) is 7.30. The molecule has 1 aliphatic heterocycles. The van der Waals surface area contributed by atoms with Crippen molar-refractivity contribution in [2.24, 2.45) is 11.8 Å². The predicted octanol–water partition coefficient (Wildman–Crippen LogP) is 2.79. The maximum Gasteiger partial charge on any atom is 0.257 e. The molecule has 1 atom stereocenters. The smallest absolute Gasteiger partial charge is 0.257 e. The normalized spacial score (nSPS) is 22.6. The maximum atomic E-state index is 13.0. The van der Waals surface area contributed by atoms with Gasteiger partial charge in [0.25, 0.3) is 5.91 Å². The molecule has 1 N–H and O–H groups in total. The largest absolute Gasteiger partial charge is 0.379 e. The molecular weight excluding hydrogens is 290 g/mol. The Morgan fingerprint density at radius 3 is 2.91 bits per heavy atom. The van der Waals surface area contributed by atoms with E-state index in [0.29, 0.717) is 30.5 Å². The molecule has 1 amide bonds. The number of carbonyl (C=O) groups excluding carboxylic acids is 1. The molecule has 23 heavy (non-hydrogen) atoms. The van der Waals surface area contributed by atoms with Crippen LogP contribution in [0.4, 0.5) is 5.82 Å². The zero-order valence-corrected chi connectivity index (χ0v) is 14.1. The van der Waals surface area contributed by atoms with E-state index in [0.717, 1.165) is 19.1 Å². The van der Waals surface area contributed by atoms with Gasteiger partial charge in [0.2, 0.25) is 0 Å². The van der Waals surface area contributed by atoms with Gasteiger partial charge in [0.05, 0.1) is 18.8 Å². The van der Waals surface area contributed by atoms with E-state index in [9.17, 15) is 4.79 Å². The van der Waals surface area contributed by atoms with E-state index in [2.05, 4.69) is 24.1 Å². The summed E-state index contributed by atoms with van der Waals surface area (Å²) in [6, 6.07) is 3.94. The van der Waals surface area contributed by atoms with Gasteiger partial charge in [-0.15, -0.1) is 0 Å². The number of rotatable bonds is 4. The fourth-order valence-electron chi connectivity index (χ4n) is 3.35. The average Bonchev–Trinajstić information content (AvgIpc) is 2.71. The van der Waals surface area contributed by atoms with Gasteiger partial charge >= 0.3 is 0 Å². The molecule has 126 valence electrons. The molecule has 3 rings (SSSR count). The van der Waals surface area contributed by atoms with Gasteiger partial charge in [-0.2, -0.15) is 0 Å². The monoisotopic (exact) mass is 317 g/mol. The third-order valence-electron chi connectivity index (χ3n) is 4.86. The number of hydrogen-bond donors (Lipinski definition) is 1. The summed E-state index contributed by atoms with van der Waals surface area (Å²) < 4.78 is 5.75. The van der Waals surface area contributed by atoms with Gasteiger partial charge in [-0.25, -0.2) is 4.98 Å². The fraction of sp³-hybridized carbons (Fsp3) is 0.667. The molecule has 0 bridgehead atoms. The summed E-state index contributed by atoms with van der Waals surface area (Å²) in [4.78, 5) is 19.3. The van der Waals surface area contributed by atoms with Crippen LogP contribution < -0.4 is 5.32 Å². The Balaban J connectivity index is 1.75.